The van der Waals surface area contributed by atoms with Gasteiger partial charge < -0.3 is 10.3 Å². The maximum absolute atomic E-state index is 6.19. The number of hydrogen-bond acceptors (Lipinski definition) is 3. The van der Waals surface area contributed by atoms with Crippen molar-refractivity contribution < 1.29 is 0 Å². The number of hydrogen-bond donors (Lipinski definition) is 1. The molecule has 1 aromatic rings. The van der Waals surface area contributed by atoms with Gasteiger partial charge in [0.15, 0.2) is 5.82 Å². The maximum atomic E-state index is 6.19. The first-order valence-electron chi connectivity index (χ1n) is 5.27. The average molecular weight is 194 g/mol. The monoisotopic (exact) mass is 194 g/mol. The Balaban J connectivity index is 2.42. The zero-order chi connectivity index (χ0) is 10.3. The molecule has 0 aromatic carbocycles. The van der Waals surface area contributed by atoms with Gasteiger partial charge in [-0.3, -0.25) is 0 Å². The van der Waals surface area contributed by atoms with Crippen molar-refractivity contribution in [1.82, 2.24) is 14.8 Å². The summed E-state index contributed by atoms with van der Waals surface area (Å²) in [7, 11) is 0. The Morgan fingerprint density at radius 3 is 2.64 bits per heavy atom. The molecule has 0 radical (unpaired) electrons. The molecule has 14 heavy (non-hydrogen) atoms. The van der Waals surface area contributed by atoms with E-state index in [0.717, 1.165) is 18.1 Å². The third-order valence-corrected chi connectivity index (χ3v) is 3.02. The fourth-order valence-corrected chi connectivity index (χ4v) is 1.69. The fraction of sp³-hybridized carbons (Fsp3) is 0.800. The Morgan fingerprint density at radius 2 is 2.14 bits per heavy atom. The highest BCUT2D eigenvalue weighted by Gasteiger charge is 2.33. The van der Waals surface area contributed by atoms with Crippen molar-refractivity contribution in [2.75, 3.05) is 0 Å². The largest absolute Gasteiger partial charge is 0.319 e. The van der Waals surface area contributed by atoms with Crippen LogP contribution in [0.1, 0.15) is 50.8 Å². The van der Waals surface area contributed by atoms with E-state index in [-0.39, 0.29) is 5.54 Å². The van der Waals surface area contributed by atoms with Crippen LogP contribution in [-0.4, -0.2) is 14.8 Å². The molecule has 4 heteroatoms. The van der Waals surface area contributed by atoms with Gasteiger partial charge in [0.25, 0.3) is 0 Å². The Morgan fingerprint density at radius 1 is 1.50 bits per heavy atom. The van der Waals surface area contributed by atoms with Gasteiger partial charge in [0.1, 0.15) is 5.82 Å². The van der Waals surface area contributed by atoms with Crippen molar-refractivity contribution in [3.05, 3.63) is 11.6 Å². The third kappa shape index (κ3) is 1.43. The first-order valence-corrected chi connectivity index (χ1v) is 5.27. The second kappa shape index (κ2) is 3.05. The summed E-state index contributed by atoms with van der Waals surface area (Å²) < 4.78 is 2.21. The van der Waals surface area contributed by atoms with Crippen LogP contribution in [-0.2, 0) is 5.54 Å². The van der Waals surface area contributed by atoms with Crippen molar-refractivity contribution >= 4 is 0 Å². The molecule has 1 heterocycles. The molecule has 1 aliphatic carbocycles. The van der Waals surface area contributed by atoms with Crippen molar-refractivity contribution in [2.24, 2.45) is 5.73 Å². The van der Waals surface area contributed by atoms with Gasteiger partial charge >= 0.3 is 0 Å². The van der Waals surface area contributed by atoms with Gasteiger partial charge in [0.2, 0.25) is 0 Å². The highest BCUT2D eigenvalue weighted by Crippen LogP contribution is 2.38. The Bertz CT molecular complexity index is 336. The standard InChI is InChI=1S/C10H18N4/c1-4-10(3,11)9-13-12-7(2)14(9)8-5-6-8/h8H,4-6,11H2,1-3H3. The molecule has 78 valence electrons. The predicted octanol–water partition coefficient (Wildman–Crippen LogP) is 1.51. The summed E-state index contributed by atoms with van der Waals surface area (Å²) in [6.07, 6.45) is 3.37. The molecule has 0 spiro atoms. The summed E-state index contributed by atoms with van der Waals surface area (Å²) in [6.45, 7) is 6.11. The van der Waals surface area contributed by atoms with Gasteiger partial charge in [-0.1, -0.05) is 6.92 Å². The van der Waals surface area contributed by atoms with E-state index in [4.69, 9.17) is 5.73 Å². The molecule has 1 aliphatic rings. The van der Waals surface area contributed by atoms with Crippen LogP contribution in [0.3, 0.4) is 0 Å². The number of rotatable bonds is 3. The summed E-state index contributed by atoms with van der Waals surface area (Å²) in [5, 5.41) is 8.33. The molecule has 0 amide bonds. The van der Waals surface area contributed by atoms with Crippen LogP contribution in [0.15, 0.2) is 0 Å². The Kier molecular flexibility index (Phi) is 2.10. The Labute approximate surface area is 84.5 Å². The van der Waals surface area contributed by atoms with Crippen molar-refractivity contribution in [2.45, 2.75) is 51.6 Å². The molecule has 2 rings (SSSR count). The lowest BCUT2D eigenvalue weighted by molar-refractivity contribution is 0.418. The average Bonchev–Trinajstić information content (AvgIpc) is 2.90. The molecular formula is C10H18N4. The van der Waals surface area contributed by atoms with Gasteiger partial charge in [-0.25, -0.2) is 0 Å². The van der Waals surface area contributed by atoms with E-state index in [0.29, 0.717) is 6.04 Å². The second-order valence-electron chi connectivity index (χ2n) is 4.44. The molecule has 1 atom stereocenters. The third-order valence-electron chi connectivity index (χ3n) is 3.02. The first-order chi connectivity index (χ1) is 6.56. The quantitative estimate of drug-likeness (QED) is 0.793. The first kappa shape index (κ1) is 9.65. The summed E-state index contributed by atoms with van der Waals surface area (Å²) in [6, 6.07) is 0.606. The lowest BCUT2D eigenvalue weighted by Crippen LogP contribution is -2.35. The summed E-state index contributed by atoms with van der Waals surface area (Å²) in [4.78, 5) is 0. The van der Waals surface area contributed by atoms with E-state index in [1.807, 2.05) is 13.8 Å². The highest BCUT2D eigenvalue weighted by molar-refractivity contribution is 5.09. The van der Waals surface area contributed by atoms with Crippen LogP contribution in [0.5, 0.6) is 0 Å². The van der Waals surface area contributed by atoms with Gasteiger partial charge in [-0.05, 0) is 33.1 Å². The van der Waals surface area contributed by atoms with Crippen molar-refractivity contribution in [3.63, 3.8) is 0 Å². The second-order valence-corrected chi connectivity index (χ2v) is 4.44. The molecule has 1 aromatic heterocycles. The van der Waals surface area contributed by atoms with Gasteiger partial charge in [-0.15, -0.1) is 10.2 Å². The smallest absolute Gasteiger partial charge is 0.153 e. The fourth-order valence-electron chi connectivity index (χ4n) is 1.69. The van der Waals surface area contributed by atoms with Crippen LogP contribution >= 0.6 is 0 Å². The highest BCUT2D eigenvalue weighted by atomic mass is 15.3. The molecule has 1 fully saturated rings. The molecule has 2 N–H and O–H groups in total. The summed E-state index contributed by atoms with van der Waals surface area (Å²) in [5.41, 5.74) is 5.85. The van der Waals surface area contributed by atoms with Gasteiger partial charge in [-0.2, -0.15) is 0 Å². The van der Waals surface area contributed by atoms with E-state index in [2.05, 4.69) is 21.7 Å². The zero-order valence-corrected chi connectivity index (χ0v) is 9.12. The normalized spacial score (nSPS) is 20.9. The topological polar surface area (TPSA) is 56.7 Å². The SMILES string of the molecule is CCC(C)(N)c1nnc(C)n1C1CC1. The number of nitrogens with two attached hydrogens (primary N) is 1. The van der Waals surface area contributed by atoms with Crippen LogP contribution in [0.25, 0.3) is 0 Å². The molecule has 0 bridgehead atoms. The minimum Gasteiger partial charge on any atom is -0.319 e. The minimum atomic E-state index is -0.343. The number of aromatic nitrogens is 3. The number of aryl methyl sites for hydroxylation is 1. The van der Waals surface area contributed by atoms with Crippen LogP contribution in [0.2, 0.25) is 0 Å². The minimum absolute atomic E-state index is 0.343. The van der Waals surface area contributed by atoms with Gasteiger partial charge in [0.05, 0.1) is 5.54 Å². The van der Waals surface area contributed by atoms with E-state index in [9.17, 15) is 0 Å². The summed E-state index contributed by atoms with van der Waals surface area (Å²) >= 11 is 0. The summed E-state index contributed by atoms with van der Waals surface area (Å²) in [5.74, 6) is 1.94. The molecule has 0 saturated heterocycles. The lowest BCUT2D eigenvalue weighted by Gasteiger charge is -2.22. The molecule has 1 saturated carbocycles. The van der Waals surface area contributed by atoms with Gasteiger partial charge in [0, 0.05) is 6.04 Å². The number of nitrogens with zero attached hydrogens (tertiary/aromatic N) is 3. The van der Waals surface area contributed by atoms with Crippen LogP contribution < -0.4 is 5.73 Å². The molecule has 0 aliphatic heterocycles. The van der Waals surface area contributed by atoms with Crippen molar-refractivity contribution in [1.29, 1.82) is 0 Å². The van der Waals surface area contributed by atoms with E-state index in [1.54, 1.807) is 0 Å². The zero-order valence-electron chi connectivity index (χ0n) is 9.12. The van der Waals surface area contributed by atoms with E-state index < -0.39 is 0 Å². The predicted molar refractivity (Wildman–Crippen MR) is 54.9 cm³/mol. The van der Waals surface area contributed by atoms with Crippen LogP contribution in [0, 0.1) is 6.92 Å². The lowest BCUT2D eigenvalue weighted by atomic mass is 9.99. The maximum Gasteiger partial charge on any atom is 0.153 e. The molecule has 1 unspecified atom stereocenters. The van der Waals surface area contributed by atoms with E-state index in [1.165, 1.54) is 12.8 Å². The Hall–Kier alpha value is -0.900. The molecule has 4 nitrogen and oxygen atoms in total. The van der Waals surface area contributed by atoms with Crippen molar-refractivity contribution in [3.8, 4) is 0 Å². The van der Waals surface area contributed by atoms with Crippen LogP contribution in [0.4, 0.5) is 0 Å². The molecular weight excluding hydrogens is 176 g/mol. The van der Waals surface area contributed by atoms with E-state index >= 15 is 0 Å².